The van der Waals surface area contributed by atoms with E-state index in [1.165, 1.54) is 0 Å². The van der Waals surface area contributed by atoms with Gasteiger partial charge in [0.1, 0.15) is 0 Å². The maximum atomic E-state index is 11.3. The van der Waals surface area contributed by atoms with E-state index in [0.717, 1.165) is 19.3 Å². The molecule has 100 valence electrons. The molecule has 0 saturated heterocycles. The largest absolute Gasteiger partial charge is 0.353 e. The minimum atomic E-state index is -2.87. The summed E-state index contributed by atoms with van der Waals surface area (Å²) in [7, 11) is -2.87. The van der Waals surface area contributed by atoms with Crippen LogP contribution < -0.4 is 10.6 Å². The summed E-state index contributed by atoms with van der Waals surface area (Å²) >= 11 is 0. The summed E-state index contributed by atoms with van der Waals surface area (Å²) in [4.78, 5) is 11.3. The van der Waals surface area contributed by atoms with Crippen molar-refractivity contribution in [3.8, 4) is 0 Å². The molecule has 1 aliphatic rings. The first kappa shape index (κ1) is 14.4. The van der Waals surface area contributed by atoms with Crippen molar-refractivity contribution in [2.75, 3.05) is 24.6 Å². The molecule has 1 aliphatic carbocycles. The van der Waals surface area contributed by atoms with Gasteiger partial charge in [0, 0.05) is 24.8 Å². The molecule has 0 atom stereocenters. The van der Waals surface area contributed by atoms with Crippen LogP contribution in [0.1, 0.15) is 32.6 Å². The van der Waals surface area contributed by atoms with Crippen LogP contribution in [0, 0.1) is 0 Å². The molecule has 0 heterocycles. The van der Waals surface area contributed by atoms with Crippen molar-refractivity contribution in [3.05, 3.63) is 0 Å². The van der Waals surface area contributed by atoms with Crippen LogP contribution >= 0.6 is 0 Å². The van der Waals surface area contributed by atoms with Crippen molar-refractivity contribution in [1.29, 1.82) is 0 Å². The van der Waals surface area contributed by atoms with E-state index in [2.05, 4.69) is 10.6 Å². The number of nitrogens with one attached hydrogen (secondary N) is 2. The zero-order valence-corrected chi connectivity index (χ0v) is 11.2. The van der Waals surface area contributed by atoms with Gasteiger partial charge in [-0.1, -0.05) is 6.92 Å². The number of hydrogen-bond donors (Lipinski definition) is 2. The first-order valence-corrected chi connectivity index (χ1v) is 8.06. The summed E-state index contributed by atoms with van der Waals surface area (Å²) in [6.45, 7) is 2.81. The van der Waals surface area contributed by atoms with Crippen LogP contribution in [-0.2, 0) is 14.6 Å². The number of sulfone groups is 1. The Labute approximate surface area is 103 Å². The Morgan fingerprint density at radius 3 is 2.59 bits per heavy atom. The van der Waals surface area contributed by atoms with Crippen LogP contribution in [-0.4, -0.2) is 45.0 Å². The lowest BCUT2D eigenvalue weighted by atomic mass is 10.3. The molecule has 5 nitrogen and oxygen atoms in total. The highest BCUT2D eigenvalue weighted by molar-refractivity contribution is 7.91. The average molecular weight is 262 g/mol. The average Bonchev–Trinajstić information content (AvgIpc) is 3.07. The summed E-state index contributed by atoms with van der Waals surface area (Å²) in [5, 5.41) is 5.96. The Balaban J connectivity index is 1.91. The van der Waals surface area contributed by atoms with Crippen molar-refractivity contribution in [1.82, 2.24) is 10.6 Å². The quantitative estimate of drug-likeness (QED) is 0.577. The molecule has 0 aromatic rings. The molecular weight excluding hydrogens is 240 g/mol. The first-order valence-electron chi connectivity index (χ1n) is 6.24. The fraction of sp³-hybridized carbons (Fsp3) is 0.909. The minimum absolute atomic E-state index is 0.107. The molecule has 0 aliphatic heterocycles. The third-order valence-electron chi connectivity index (χ3n) is 2.73. The van der Waals surface area contributed by atoms with Crippen molar-refractivity contribution in [2.24, 2.45) is 0 Å². The van der Waals surface area contributed by atoms with Gasteiger partial charge >= 0.3 is 0 Å². The van der Waals surface area contributed by atoms with Gasteiger partial charge in [0.05, 0.1) is 5.75 Å². The van der Waals surface area contributed by atoms with Gasteiger partial charge in [0.25, 0.3) is 0 Å². The Morgan fingerprint density at radius 1 is 1.29 bits per heavy atom. The van der Waals surface area contributed by atoms with Crippen LogP contribution in [0.4, 0.5) is 0 Å². The summed E-state index contributed by atoms with van der Waals surface area (Å²) in [6.07, 6.45) is 3.49. The van der Waals surface area contributed by atoms with Gasteiger partial charge < -0.3 is 10.6 Å². The van der Waals surface area contributed by atoms with Gasteiger partial charge in [0.15, 0.2) is 9.84 Å². The molecule has 6 heteroatoms. The van der Waals surface area contributed by atoms with Gasteiger partial charge in [-0.2, -0.15) is 0 Å². The molecule has 1 fully saturated rings. The van der Waals surface area contributed by atoms with E-state index in [-0.39, 0.29) is 17.4 Å². The summed E-state index contributed by atoms with van der Waals surface area (Å²) in [6, 6.07) is 0.421. The van der Waals surface area contributed by atoms with Gasteiger partial charge in [-0.15, -0.1) is 0 Å². The summed E-state index contributed by atoms with van der Waals surface area (Å²) < 4.78 is 22.3. The van der Waals surface area contributed by atoms with Crippen LogP contribution in [0.15, 0.2) is 0 Å². The Kier molecular flexibility index (Phi) is 5.91. The second kappa shape index (κ2) is 6.96. The number of amides is 1. The third-order valence-corrected chi connectivity index (χ3v) is 4.44. The van der Waals surface area contributed by atoms with E-state index < -0.39 is 9.84 Å². The van der Waals surface area contributed by atoms with Crippen LogP contribution in [0.5, 0.6) is 0 Å². The first-order chi connectivity index (χ1) is 8.03. The van der Waals surface area contributed by atoms with Gasteiger partial charge in [-0.3, -0.25) is 4.79 Å². The zero-order valence-electron chi connectivity index (χ0n) is 10.4. The lowest BCUT2D eigenvalue weighted by molar-refractivity contribution is -0.121. The highest BCUT2D eigenvalue weighted by Gasteiger charge is 2.22. The topological polar surface area (TPSA) is 75.3 Å². The van der Waals surface area contributed by atoms with Gasteiger partial charge in [-0.25, -0.2) is 8.42 Å². The third kappa shape index (κ3) is 7.33. The van der Waals surface area contributed by atoms with E-state index in [1.54, 1.807) is 6.92 Å². The SMILES string of the molecule is CCS(=O)(=O)CCNCCCC(=O)NC1CC1. The summed E-state index contributed by atoms with van der Waals surface area (Å²) in [5.41, 5.74) is 0. The molecule has 1 saturated carbocycles. The highest BCUT2D eigenvalue weighted by Crippen LogP contribution is 2.18. The van der Waals surface area contributed by atoms with E-state index in [1.807, 2.05) is 0 Å². The maximum Gasteiger partial charge on any atom is 0.220 e. The monoisotopic (exact) mass is 262 g/mol. The van der Waals surface area contributed by atoms with Crippen LogP contribution in [0.3, 0.4) is 0 Å². The van der Waals surface area contributed by atoms with Crippen molar-refractivity contribution in [2.45, 2.75) is 38.6 Å². The Morgan fingerprint density at radius 2 is 2.00 bits per heavy atom. The molecule has 0 radical (unpaired) electrons. The van der Waals surface area contributed by atoms with E-state index >= 15 is 0 Å². The fourth-order valence-electron chi connectivity index (χ4n) is 1.40. The van der Waals surface area contributed by atoms with Crippen molar-refractivity contribution >= 4 is 15.7 Å². The van der Waals surface area contributed by atoms with Gasteiger partial charge in [0.2, 0.25) is 5.91 Å². The predicted octanol–water partition coefficient (Wildman–Crippen LogP) is 0.0695. The molecule has 0 aromatic carbocycles. The lowest BCUT2D eigenvalue weighted by Crippen LogP contribution is -2.28. The van der Waals surface area contributed by atoms with Crippen LogP contribution in [0.25, 0.3) is 0 Å². The van der Waals surface area contributed by atoms with Gasteiger partial charge in [-0.05, 0) is 25.8 Å². The molecule has 0 aromatic heterocycles. The number of rotatable bonds is 9. The highest BCUT2D eigenvalue weighted by atomic mass is 32.2. The lowest BCUT2D eigenvalue weighted by Gasteiger charge is -2.05. The zero-order chi connectivity index (χ0) is 12.7. The number of carbonyl (C=O) groups is 1. The predicted molar refractivity (Wildman–Crippen MR) is 67.6 cm³/mol. The van der Waals surface area contributed by atoms with E-state index in [0.29, 0.717) is 25.6 Å². The number of hydrogen-bond acceptors (Lipinski definition) is 4. The molecular formula is C11H22N2O3S. The molecule has 0 spiro atoms. The van der Waals surface area contributed by atoms with E-state index in [4.69, 9.17) is 0 Å². The Bertz CT molecular complexity index is 337. The van der Waals surface area contributed by atoms with Crippen molar-refractivity contribution in [3.63, 3.8) is 0 Å². The molecule has 17 heavy (non-hydrogen) atoms. The molecule has 1 rings (SSSR count). The van der Waals surface area contributed by atoms with Crippen molar-refractivity contribution < 1.29 is 13.2 Å². The minimum Gasteiger partial charge on any atom is -0.353 e. The normalized spacial score (nSPS) is 15.8. The number of carbonyl (C=O) groups excluding carboxylic acids is 1. The van der Waals surface area contributed by atoms with Crippen LogP contribution in [0.2, 0.25) is 0 Å². The molecule has 0 bridgehead atoms. The molecule has 0 unspecified atom stereocenters. The molecule has 2 N–H and O–H groups in total. The second-order valence-electron chi connectivity index (χ2n) is 4.43. The Hall–Kier alpha value is -0.620. The standard InChI is InChI=1S/C11H22N2O3S/c1-2-17(15,16)9-8-12-7-3-4-11(14)13-10-5-6-10/h10,12H,2-9H2,1H3,(H,13,14). The second-order valence-corrected chi connectivity index (χ2v) is 6.90. The summed E-state index contributed by atoms with van der Waals surface area (Å²) in [5.74, 6) is 0.478. The fourth-order valence-corrected chi connectivity index (χ4v) is 2.14. The smallest absolute Gasteiger partial charge is 0.220 e. The van der Waals surface area contributed by atoms with E-state index in [9.17, 15) is 13.2 Å². The molecule has 1 amide bonds. The maximum absolute atomic E-state index is 11.3.